The van der Waals surface area contributed by atoms with E-state index in [-0.39, 0.29) is 40.9 Å². The highest BCUT2D eigenvalue weighted by Gasteiger charge is 2.25. The second-order valence-electron chi connectivity index (χ2n) is 10.3. The first-order valence-electron chi connectivity index (χ1n) is 13.4. The molecule has 0 saturated heterocycles. The molecule has 0 atom stereocenters. The molecular formula is C30H26Cl3F3N4O3. The number of benzene rings is 3. The summed E-state index contributed by atoms with van der Waals surface area (Å²) in [6.45, 7) is -0.687. The van der Waals surface area contributed by atoms with Gasteiger partial charge in [-0.1, -0.05) is 40.9 Å². The molecule has 5 rings (SSSR count). The van der Waals surface area contributed by atoms with Gasteiger partial charge >= 0.3 is 0 Å². The van der Waals surface area contributed by atoms with Crippen LogP contribution in [0.2, 0.25) is 15.1 Å². The summed E-state index contributed by atoms with van der Waals surface area (Å²) < 4.78 is 46.7. The summed E-state index contributed by atoms with van der Waals surface area (Å²) in [5.74, 6) is -0.485. The molecule has 13 heteroatoms. The Balaban J connectivity index is 1.44. The number of carbonyl (C=O) groups is 2. The van der Waals surface area contributed by atoms with Crippen molar-refractivity contribution in [2.75, 3.05) is 11.9 Å². The Morgan fingerprint density at radius 1 is 1.09 bits per heavy atom. The fourth-order valence-electron chi connectivity index (χ4n) is 4.60. The van der Waals surface area contributed by atoms with Crippen molar-refractivity contribution < 1.29 is 27.5 Å². The van der Waals surface area contributed by atoms with Crippen LogP contribution >= 0.6 is 34.8 Å². The first kappa shape index (κ1) is 31.0. The quantitative estimate of drug-likeness (QED) is 0.175. The highest BCUT2D eigenvalue weighted by molar-refractivity contribution is 6.36. The van der Waals surface area contributed by atoms with Crippen molar-refractivity contribution in [3.8, 4) is 5.75 Å². The van der Waals surface area contributed by atoms with Crippen molar-refractivity contribution in [1.29, 1.82) is 0 Å². The molecule has 0 radical (unpaired) electrons. The third kappa shape index (κ3) is 7.37. The monoisotopic (exact) mass is 652 g/mol. The molecule has 1 saturated carbocycles. The lowest BCUT2D eigenvalue weighted by atomic mass is 10.1. The van der Waals surface area contributed by atoms with E-state index in [1.54, 1.807) is 23.7 Å². The number of imidazole rings is 1. The molecular weight excluding hydrogens is 628 g/mol. The predicted octanol–water partition coefficient (Wildman–Crippen LogP) is 7.58. The topological polar surface area (TPSA) is 85.2 Å². The normalized spacial score (nSPS) is 13.0. The minimum absolute atomic E-state index is 0.0300. The molecule has 1 aliphatic rings. The number of halogens is 6. The third-order valence-electron chi connectivity index (χ3n) is 7.11. The molecule has 2 N–H and O–H groups in total. The van der Waals surface area contributed by atoms with E-state index >= 15 is 0 Å². The number of aryl methyl sites for hydroxylation is 1. The molecule has 0 spiro atoms. The van der Waals surface area contributed by atoms with Gasteiger partial charge in [0.2, 0.25) is 5.91 Å². The highest BCUT2D eigenvalue weighted by Crippen LogP contribution is 2.34. The maximum Gasteiger partial charge on any atom is 0.272 e. The second-order valence-corrected chi connectivity index (χ2v) is 11.5. The molecule has 4 aromatic rings. The molecule has 3 aromatic carbocycles. The van der Waals surface area contributed by atoms with Gasteiger partial charge in [-0.3, -0.25) is 9.59 Å². The number of alkyl halides is 2. The lowest BCUT2D eigenvalue weighted by Gasteiger charge is -2.13. The van der Waals surface area contributed by atoms with Crippen molar-refractivity contribution in [2.45, 2.75) is 38.7 Å². The van der Waals surface area contributed by atoms with E-state index in [9.17, 15) is 22.8 Å². The zero-order valence-electron chi connectivity index (χ0n) is 22.8. The van der Waals surface area contributed by atoms with Crippen molar-refractivity contribution in [3.63, 3.8) is 0 Å². The molecule has 0 bridgehead atoms. The Labute approximate surface area is 260 Å². The van der Waals surface area contributed by atoms with Crippen LogP contribution in [0, 0.1) is 11.7 Å². The third-order valence-corrected chi connectivity index (χ3v) is 8.22. The summed E-state index contributed by atoms with van der Waals surface area (Å²) in [6, 6.07) is 9.97. The van der Waals surface area contributed by atoms with Crippen molar-refractivity contribution in [2.24, 2.45) is 13.0 Å². The highest BCUT2D eigenvalue weighted by atomic mass is 35.5. The number of amides is 2. The average molecular weight is 654 g/mol. The summed E-state index contributed by atoms with van der Waals surface area (Å²) in [5.41, 5.74) is 2.34. The van der Waals surface area contributed by atoms with Gasteiger partial charge in [0.1, 0.15) is 24.0 Å². The number of fused-ring (bicyclic) bond motifs is 1. The summed E-state index contributed by atoms with van der Waals surface area (Å²) in [5, 5.41) is 6.09. The van der Waals surface area contributed by atoms with Crippen molar-refractivity contribution in [1.82, 2.24) is 14.9 Å². The van der Waals surface area contributed by atoms with Crippen molar-refractivity contribution in [3.05, 3.63) is 85.9 Å². The van der Waals surface area contributed by atoms with Gasteiger partial charge in [0.25, 0.3) is 12.3 Å². The Kier molecular flexibility index (Phi) is 9.39. The zero-order valence-corrected chi connectivity index (χ0v) is 25.1. The van der Waals surface area contributed by atoms with E-state index < -0.39 is 24.8 Å². The van der Waals surface area contributed by atoms with Crippen LogP contribution in [0.5, 0.6) is 5.75 Å². The molecule has 43 heavy (non-hydrogen) atoms. The number of aromatic nitrogens is 2. The lowest BCUT2D eigenvalue weighted by Crippen LogP contribution is -2.23. The average Bonchev–Trinajstić information content (AvgIpc) is 3.72. The Hall–Kier alpha value is -3.47. The summed E-state index contributed by atoms with van der Waals surface area (Å²) in [4.78, 5) is 30.0. The molecule has 1 aromatic heterocycles. The maximum absolute atomic E-state index is 13.6. The first-order valence-corrected chi connectivity index (χ1v) is 14.5. The fourth-order valence-corrected chi connectivity index (χ4v) is 5.35. The van der Waals surface area contributed by atoms with Crippen LogP contribution < -0.4 is 15.4 Å². The van der Waals surface area contributed by atoms with Crippen LogP contribution in [0.4, 0.5) is 18.9 Å². The standard InChI is InChI=1S/C30H26Cl3F3N4O3/c1-40-24-12-25(43-14-26(35)36)19(30(42)38-17-5-7-22(34)21(32)9-17)10-23(24)39-27(40)11-18-20(31)6-4-16(29(18)33)13-37-28(41)8-15-2-3-15/h4-7,9-10,12,15,26H,2-3,8,11,13-14H2,1H3,(H,37,41)(H,38,42). The van der Waals surface area contributed by atoms with Gasteiger partial charge in [-0.05, 0) is 60.2 Å². The Morgan fingerprint density at radius 3 is 2.56 bits per heavy atom. The van der Waals surface area contributed by atoms with Gasteiger partial charge in [0.05, 0.1) is 26.6 Å². The van der Waals surface area contributed by atoms with Crippen LogP contribution in [0.15, 0.2) is 42.5 Å². The molecule has 1 aliphatic carbocycles. The second kappa shape index (κ2) is 13.0. The van der Waals surface area contributed by atoms with E-state index in [1.807, 2.05) is 0 Å². The van der Waals surface area contributed by atoms with E-state index in [1.165, 1.54) is 24.3 Å². The number of hydrogen-bond acceptors (Lipinski definition) is 4. The minimum atomic E-state index is -2.78. The largest absolute Gasteiger partial charge is 0.487 e. The van der Waals surface area contributed by atoms with Crippen molar-refractivity contribution >= 4 is 63.3 Å². The van der Waals surface area contributed by atoms with E-state index in [4.69, 9.17) is 39.5 Å². The van der Waals surface area contributed by atoms with Gasteiger partial charge in [-0.2, -0.15) is 0 Å². The molecule has 0 aliphatic heterocycles. The number of nitrogens with one attached hydrogen (secondary N) is 2. The Morgan fingerprint density at radius 2 is 1.86 bits per heavy atom. The van der Waals surface area contributed by atoms with Gasteiger partial charge < -0.3 is 19.9 Å². The number of rotatable bonds is 11. The summed E-state index contributed by atoms with van der Waals surface area (Å²) in [7, 11) is 1.73. The maximum atomic E-state index is 13.6. The lowest BCUT2D eigenvalue weighted by molar-refractivity contribution is -0.121. The van der Waals surface area contributed by atoms with E-state index in [0.29, 0.717) is 50.4 Å². The van der Waals surface area contributed by atoms with Crippen LogP contribution in [0.3, 0.4) is 0 Å². The van der Waals surface area contributed by atoms with Gasteiger partial charge in [0, 0.05) is 43.2 Å². The smallest absolute Gasteiger partial charge is 0.272 e. The van der Waals surface area contributed by atoms with Gasteiger partial charge in [-0.15, -0.1) is 0 Å². The number of hydrogen-bond donors (Lipinski definition) is 2. The van der Waals surface area contributed by atoms with Gasteiger partial charge in [0.15, 0.2) is 0 Å². The number of anilines is 1. The molecule has 2 amide bonds. The summed E-state index contributed by atoms with van der Waals surface area (Å²) in [6.07, 6.45) is 0.0760. The fraction of sp³-hybridized carbons (Fsp3) is 0.300. The number of ether oxygens (including phenoxy) is 1. The predicted molar refractivity (Wildman–Crippen MR) is 160 cm³/mol. The van der Waals surface area contributed by atoms with E-state index in [2.05, 4.69) is 15.6 Å². The van der Waals surface area contributed by atoms with Crippen LogP contribution in [0.1, 0.15) is 46.6 Å². The molecule has 1 heterocycles. The van der Waals surface area contributed by atoms with E-state index in [0.717, 1.165) is 18.9 Å². The molecule has 1 fully saturated rings. The molecule has 0 unspecified atom stereocenters. The zero-order chi connectivity index (χ0) is 30.8. The number of nitrogens with zero attached hydrogens (tertiary/aromatic N) is 2. The van der Waals surface area contributed by atoms with Crippen LogP contribution in [0.25, 0.3) is 11.0 Å². The SMILES string of the molecule is Cn1c(Cc2c(Cl)ccc(CNC(=O)CC3CC3)c2Cl)nc2cc(C(=O)Nc3ccc(F)c(Cl)c3)c(OCC(F)F)cc21. The van der Waals surface area contributed by atoms with Crippen LogP contribution in [-0.4, -0.2) is 34.4 Å². The molecule has 7 nitrogen and oxygen atoms in total. The molecule has 226 valence electrons. The van der Waals surface area contributed by atoms with Gasteiger partial charge in [-0.25, -0.2) is 18.2 Å². The summed E-state index contributed by atoms with van der Waals surface area (Å²) >= 11 is 19.1. The Bertz CT molecular complexity index is 1710. The van der Waals surface area contributed by atoms with Crippen LogP contribution in [-0.2, 0) is 24.8 Å². The minimum Gasteiger partial charge on any atom is -0.487 e. The number of carbonyl (C=O) groups excluding carboxylic acids is 2. The first-order chi connectivity index (χ1) is 20.5.